The van der Waals surface area contributed by atoms with E-state index in [4.69, 9.17) is 0 Å². The van der Waals surface area contributed by atoms with E-state index in [9.17, 15) is 18.4 Å². The smallest absolute Gasteiger partial charge is 0.253 e. The first-order valence-electron chi connectivity index (χ1n) is 10.1. The Morgan fingerprint density at radius 1 is 1.07 bits per heavy atom. The fourth-order valence-electron chi connectivity index (χ4n) is 3.77. The van der Waals surface area contributed by atoms with Gasteiger partial charge in [0, 0.05) is 31.1 Å². The van der Waals surface area contributed by atoms with Crippen LogP contribution in [0.4, 0.5) is 8.78 Å². The van der Waals surface area contributed by atoms with E-state index in [-0.39, 0.29) is 35.4 Å². The number of amides is 2. The fraction of sp³-hybridized carbons (Fsp3) is 0.391. The summed E-state index contributed by atoms with van der Waals surface area (Å²) >= 11 is 0. The average molecular weight is 415 g/mol. The number of nitrogens with zero attached hydrogens (tertiary/aromatic N) is 2. The number of rotatable bonds is 6. The lowest BCUT2D eigenvalue weighted by Crippen LogP contribution is -2.44. The Hall–Kier alpha value is -2.80. The fourth-order valence-corrected chi connectivity index (χ4v) is 3.77. The zero-order valence-corrected chi connectivity index (χ0v) is 17.3. The molecule has 0 saturated carbocycles. The first-order valence-corrected chi connectivity index (χ1v) is 10.1. The lowest BCUT2D eigenvalue weighted by Gasteiger charge is -2.32. The summed E-state index contributed by atoms with van der Waals surface area (Å²) in [7, 11) is 3.78. The average Bonchev–Trinajstić information content (AvgIpc) is 2.74. The van der Waals surface area contributed by atoms with Gasteiger partial charge in [-0.25, -0.2) is 8.78 Å². The quantitative estimate of drug-likeness (QED) is 0.788. The lowest BCUT2D eigenvalue weighted by molar-refractivity contribution is -0.126. The number of carbonyl (C=O) groups excluding carboxylic acids is 2. The van der Waals surface area contributed by atoms with Crippen LogP contribution in [-0.4, -0.2) is 55.3 Å². The maximum absolute atomic E-state index is 13.6. The summed E-state index contributed by atoms with van der Waals surface area (Å²) in [5.74, 6) is -1.04. The van der Waals surface area contributed by atoms with Crippen LogP contribution in [0.2, 0.25) is 0 Å². The van der Waals surface area contributed by atoms with Gasteiger partial charge in [-0.3, -0.25) is 9.59 Å². The first kappa shape index (κ1) is 21.9. The molecule has 1 atom stereocenters. The Labute approximate surface area is 175 Å². The molecule has 1 aliphatic heterocycles. The monoisotopic (exact) mass is 415 g/mol. The number of nitrogens with one attached hydrogen (secondary N) is 1. The molecule has 1 N–H and O–H groups in total. The molecule has 3 rings (SSSR count). The zero-order valence-electron chi connectivity index (χ0n) is 17.3. The van der Waals surface area contributed by atoms with Crippen molar-refractivity contribution in [3.8, 4) is 0 Å². The van der Waals surface area contributed by atoms with E-state index in [1.165, 1.54) is 36.4 Å². The van der Waals surface area contributed by atoms with Gasteiger partial charge in [-0.05, 0) is 68.9 Å². The number of halogens is 2. The summed E-state index contributed by atoms with van der Waals surface area (Å²) in [6.45, 7) is 1.34. The Bertz CT molecular complexity index is 878. The van der Waals surface area contributed by atoms with E-state index in [1.807, 2.05) is 25.1 Å². The van der Waals surface area contributed by atoms with Crippen molar-refractivity contribution in [2.75, 3.05) is 33.7 Å². The molecule has 0 radical (unpaired) electrons. The summed E-state index contributed by atoms with van der Waals surface area (Å²) in [5.41, 5.74) is 1.25. The van der Waals surface area contributed by atoms with Gasteiger partial charge in [0.1, 0.15) is 11.6 Å². The number of hydrogen-bond donors (Lipinski definition) is 1. The molecule has 2 aromatic carbocycles. The van der Waals surface area contributed by atoms with Crippen LogP contribution in [0.3, 0.4) is 0 Å². The third-order valence-electron chi connectivity index (χ3n) is 5.57. The molecule has 5 nitrogen and oxygen atoms in total. The zero-order chi connectivity index (χ0) is 21.7. The maximum atomic E-state index is 13.6. The van der Waals surface area contributed by atoms with E-state index < -0.39 is 0 Å². The van der Waals surface area contributed by atoms with Crippen LogP contribution in [0, 0.1) is 17.6 Å². The van der Waals surface area contributed by atoms with Gasteiger partial charge >= 0.3 is 0 Å². The van der Waals surface area contributed by atoms with Crippen LogP contribution in [0.25, 0.3) is 0 Å². The third kappa shape index (κ3) is 5.42. The summed E-state index contributed by atoms with van der Waals surface area (Å²) in [6.07, 6.45) is 1.15. The van der Waals surface area contributed by atoms with Crippen molar-refractivity contribution < 1.29 is 18.4 Å². The third-order valence-corrected chi connectivity index (χ3v) is 5.57. The van der Waals surface area contributed by atoms with Gasteiger partial charge < -0.3 is 15.1 Å². The molecule has 0 unspecified atom stereocenters. The van der Waals surface area contributed by atoms with Crippen molar-refractivity contribution in [2.24, 2.45) is 5.92 Å². The number of likely N-dealkylation sites (tertiary alicyclic amines) is 1. The molecule has 0 bridgehead atoms. The molecule has 30 heavy (non-hydrogen) atoms. The van der Waals surface area contributed by atoms with Crippen LogP contribution in [0.5, 0.6) is 0 Å². The van der Waals surface area contributed by atoms with Crippen molar-refractivity contribution in [2.45, 2.75) is 18.9 Å². The van der Waals surface area contributed by atoms with E-state index in [1.54, 1.807) is 11.0 Å². The highest BCUT2D eigenvalue weighted by Gasteiger charge is 2.28. The number of hydrogen-bond acceptors (Lipinski definition) is 3. The summed E-state index contributed by atoms with van der Waals surface area (Å²) in [4.78, 5) is 28.8. The molecule has 0 spiro atoms. The Morgan fingerprint density at radius 2 is 1.73 bits per heavy atom. The van der Waals surface area contributed by atoms with Crippen molar-refractivity contribution in [3.05, 3.63) is 71.3 Å². The molecule has 1 heterocycles. The van der Waals surface area contributed by atoms with Gasteiger partial charge in [0.2, 0.25) is 5.91 Å². The minimum atomic E-state index is -0.379. The SMILES string of the molecule is CN(C)[C@@H](CNC(=O)C1CCN(C(=O)c2ccc(F)cc2)CC1)c1cccc(F)c1. The van der Waals surface area contributed by atoms with E-state index in [0.29, 0.717) is 38.0 Å². The minimum Gasteiger partial charge on any atom is -0.354 e. The van der Waals surface area contributed by atoms with Crippen LogP contribution in [0.1, 0.15) is 34.8 Å². The molecule has 1 fully saturated rings. The van der Waals surface area contributed by atoms with E-state index in [2.05, 4.69) is 5.32 Å². The van der Waals surface area contributed by atoms with Gasteiger partial charge in [-0.15, -0.1) is 0 Å². The minimum absolute atomic E-state index is 0.0489. The summed E-state index contributed by atoms with van der Waals surface area (Å²) < 4.78 is 26.6. The van der Waals surface area contributed by atoms with E-state index in [0.717, 1.165) is 5.56 Å². The molecular formula is C23H27F2N3O2. The summed E-state index contributed by atoms with van der Waals surface area (Å²) in [5, 5.41) is 2.99. The highest BCUT2D eigenvalue weighted by atomic mass is 19.1. The largest absolute Gasteiger partial charge is 0.354 e. The van der Waals surface area contributed by atoms with Gasteiger partial charge in [-0.2, -0.15) is 0 Å². The number of piperidine rings is 1. The van der Waals surface area contributed by atoms with Crippen LogP contribution in [0.15, 0.2) is 48.5 Å². The number of carbonyl (C=O) groups is 2. The van der Waals surface area contributed by atoms with Gasteiger partial charge in [0.05, 0.1) is 6.04 Å². The molecule has 160 valence electrons. The Balaban J connectivity index is 1.52. The second-order valence-corrected chi connectivity index (χ2v) is 7.85. The Morgan fingerprint density at radius 3 is 2.33 bits per heavy atom. The number of likely N-dealkylation sites (N-methyl/N-ethyl adjacent to an activating group) is 1. The van der Waals surface area contributed by atoms with Gasteiger partial charge in [0.25, 0.3) is 5.91 Å². The topological polar surface area (TPSA) is 52.7 Å². The lowest BCUT2D eigenvalue weighted by atomic mass is 9.95. The van der Waals surface area contributed by atoms with Crippen molar-refractivity contribution in [1.29, 1.82) is 0 Å². The standard InChI is InChI=1S/C23H27F2N3O2/c1-27(2)21(18-4-3-5-20(25)14-18)15-26-22(29)16-10-12-28(13-11-16)23(30)17-6-8-19(24)9-7-17/h3-9,14,16,21H,10-13,15H2,1-2H3,(H,26,29)/t21-/m0/s1. The molecule has 2 amide bonds. The predicted molar refractivity (Wildman–Crippen MR) is 111 cm³/mol. The molecule has 1 aliphatic rings. The highest BCUT2D eigenvalue weighted by molar-refractivity contribution is 5.94. The van der Waals surface area contributed by atoms with Crippen LogP contribution in [-0.2, 0) is 4.79 Å². The second-order valence-electron chi connectivity index (χ2n) is 7.85. The molecule has 7 heteroatoms. The molecular weight excluding hydrogens is 388 g/mol. The normalized spacial score (nSPS) is 15.8. The van der Waals surface area contributed by atoms with Crippen molar-refractivity contribution in [3.63, 3.8) is 0 Å². The molecule has 1 saturated heterocycles. The summed E-state index contributed by atoms with van der Waals surface area (Å²) in [6, 6.07) is 11.8. The van der Waals surface area contributed by atoms with Crippen molar-refractivity contribution >= 4 is 11.8 Å². The Kier molecular flexibility index (Phi) is 7.15. The molecule has 2 aromatic rings. The molecule has 0 aromatic heterocycles. The maximum Gasteiger partial charge on any atom is 0.253 e. The van der Waals surface area contributed by atoms with Crippen LogP contribution >= 0.6 is 0 Å². The number of benzene rings is 2. The van der Waals surface area contributed by atoms with Gasteiger partial charge in [-0.1, -0.05) is 12.1 Å². The first-order chi connectivity index (χ1) is 14.3. The van der Waals surface area contributed by atoms with Gasteiger partial charge in [0.15, 0.2) is 0 Å². The second kappa shape index (κ2) is 9.80. The highest BCUT2D eigenvalue weighted by Crippen LogP contribution is 2.21. The van der Waals surface area contributed by atoms with Crippen LogP contribution < -0.4 is 5.32 Å². The van der Waals surface area contributed by atoms with Crippen molar-refractivity contribution in [1.82, 2.24) is 15.1 Å². The molecule has 0 aliphatic carbocycles. The predicted octanol–water partition coefficient (Wildman–Crippen LogP) is 3.24. The van der Waals surface area contributed by atoms with E-state index >= 15 is 0 Å².